The lowest BCUT2D eigenvalue weighted by Crippen LogP contribution is -2.39. The van der Waals surface area contributed by atoms with E-state index in [-0.39, 0.29) is 0 Å². The lowest BCUT2D eigenvalue weighted by Gasteiger charge is -2.24. The van der Waals surface area contributed by atoms with Gasteiger partial charge in [-0.2, -0.15) is 0 Å². The SMILES string of the molecule is C=C[Si](C)(C=C)O[Si](C)(Cl)Cl. The third kappa shape index (κ3) is 4.82. The summed E-state index contributed by atoms with van der Waals surface area (Å²) in [6.45, 7) is 8.51. The highest BCUT2D eigenvalue weighted by atomic mass is 35.7. The Labute approximate surface area is 79.3 Å². The van der Waals surface area contributed by atoms with Gasteiger partial charge in [0.25, 0.3) is 0 Å². The summed E-state index contributed by atoms with van der Waals surface area (Å²) in [6.07, 6.45) is 0. The number of halogens is 2. The Hall–Kier alpha value is 0.454. The number of hydrogen-bond donors (Lipinski definition) is 0. The Bertz CT molecular complexity index is 156. The van der Waals surface area contributed by atoms with Crippen LogP contribution in [0.15, 0.2) is 24.6 Å². The topological polar surface area (TPSA) is 9.23 Å². The number of rotatable bonds is 4. The van der Waals surface area contributed by atoms with Crippen molar-refractivity contribution in [3.8, 4) is 0 Å². The zero-order valence-electron chi connectivity index (χ0n) is 6.73. The minimum Gasteiger partial charge on any atom is -0.427 e. The average molecular weight is 227 g/mol. The van der Waals surface area contributed by atoms with E-state index in [1.54, 1.807) is 17.9 Å². The van der Waals surface area contributed by atoms with E-state index in [2.05, 4.69) is 13.2 Å². The molecule has 0 saturated carbocycles. The van der Waals surface area contributed by atoms with Crippen molar-refractivity contribution < 1.29 is 4.12 Å². The molecule has 11 heavy (non-hydrogen) atoms. The van der Waals surface area contributed by atoms with Gasteiger partial charge in [0.05, 0.1) is 0 Å². The summed E-state index contributed by atoms with van der Waals surface area (Å²) in [5.74, 6) is 0. The predicted octanol–water partition coefficient (Wildman–Crippen LogP) is 3.08. The molecule has 0 amide bonds. The predicted molar refractivity (Wildman–Crippen MR) is 56.4 cm³/mol. The molecule has 0 N–H and O–H groups in total. The molecule has 0 unspecified atom stereocenters. The minimum absolute atomic E-state index is 1.72. The van der Waals surface area contributed by atoms with Crippen molar-refractivity contribution in [2.45, 2.75) is 13.1 Å². The molecule has 64 valence electrons. The quantitative estimate of drug-likeness (QED) is 0.529. The second kappa shape index (κ2) is 3.91. The second-order valence-corrected chi connectivity index (χ2v) is 13.0. The molecule has 0 atom stereocenters. The van der Waals surface area contributed by atoms with Gasteiger partial charge in [-0.3, -0.25) is 0 Å². The number of hydrogen-bond acceptors (Lipinski definition) is 1. The zero-order valence-corrected chi connectivity index (χ0v) is 10.2. The van der Waals surface area contributed by atoms with Gasteiger partial charge in [0, 0.05) is 0 Å². The van der Waals surface area contributed by atoms with Crippen LogP contribution in [0, 0.1) is 0 Å². The molecule has 0 heterocycles. The van der Waals surface area contributed by atoms with Gasteiger partial charge < -0.3 is 4.12 Å². The average Bonchev–Trinajstić information content (AvgIpc) is 1.84. The molecule has 0 aliphatic carbocycles. The van der Waals surface area contributed by atoms with E-state index >= 15 is 0 Å². The standard InChI is InChI=1S/C6H12Cl2OSi2/c1-5-10(3,6-2)9-11(4,7)8/h5-6H,1-2H2,3-4H3. The molecule has 0 aromatic carbocycles. The van der Waals surface area contributed by atoms with Crippen LogP contribution in [-0.4, -0.2) is 15.3 Å². The van der Waals surface area contributed by atoms with E-state index in [4.69, 9.17) is 26.3 Å². The fraction of sp³-hybridized carbons (Fsp3) is 0.333. The smallest absolute Gasteiger partial charge is 0.376 e. The normalized spacial score (nSPS) is 12.7. The van der Waals surface area contributed by atoms with Crippen LogP contribution in [0.2, 0.25) is 13.1 Å². The third-order valence-corrected chi connectivity index (χ3v) is 7.41. The summed E-state index contributed by atoms with van der Waals surface area (Å²) in [7, 11) is -2.01. The van der Waals surface area contributed by atoms with Crippen molar-refractivity contribution in [3.05, 3.63) is 24.6 Å². The zero-order chi connectivity index (χ0) is 9.12. The summed E-state index contributed by atoms with van der Waals surface area (Å²) < 4.78 is 5.50. The molecular weight excluding hydrogens is 215 g/mol. The molecule has 1 nitrogen and oxygen atoms in total. The molecule has 0 saturated heterocycles. The molecule has 0 spiro atoms. The van der Waals surface area contributed by atoms with Crippen LogP contribution in [0.25, 0.3) is 0 Å². The van der Waals surface area contributed by atoms with E-state index < -0.39 is 15.3 Å². The highest BCUT2D eigenvalue weighted by Gasteiger charge is 2.33. The van der Waals surface area contributed by atoms with Crippen molar-refractivity contribution in [2.75, 3.05) is 0 Å². The van der Waals surface area contributed by atoms with Gasteiger partial charge in [-0.05, 0) is 13.1 Å². The first kappa shape index (κ1) is 11.5. The van der Waals surface area contributed by atoms with Crippen LogP contribution < -0.4 is 0 Å². The van der Waals surface area contributed by atoms with Crippen molar-refractivity contribution >= 4 is 37.4 Å². The molecule has 0 aliphatic heterocycles. The van der Waals surface area contributed by atoms with Crippen molar-refractivity contribution in [1.29, 1.82) is 0 Å². The lowest BCUT2D eigenvalue weighted by molar-refractivity contribution is 0.600. The first-order valence-electron chi connectivity index (χ1n) is 3.18. The van der Waals surface area contributed by atoms with E-state index in [1.165, 1.54) is 0 Å². The first-order valence-corrected chi connectivity index (χ1v) is 10.2. The van der Waals surface area contributed by atoms with Crippen molar-refractivity contribution in [1.82, 2.24) is 0 Å². The maximum absolute atomic E-state index is 5.80. The van der Waals surface area contributed by atoms with Crippen LogP contribution in [0.4, 0.5) is 0 Å². The van der Waals surface area contributed by atoms with Crippen molar-refractivity contribution in [2.24, 2.45) is 0 Å². The largest absolute Gasteiger partial charge is 0.427 e. The Morgan fingerprint density at radius 1 is 1.18 bits per heavy atom. The molecule has 0 radical (unpaired) electrons. The van der Waals surface area contributed by atoms with Crippen LogP contribution in [-0.2, 0) is 4.12 Å². The molecule has 0 aromatic heterocycles. The Balaban J connectivity index is 4.31. The maximum atomic E-state index is 5.80. The molecule has 0 aromatic rings. The third-order valence-electron chi connectivity index (χ3n) is 1.21. The van der Waals surface area contributed by atoms with E-state index in [0.29, 0.717) is 0 Å². The summed E-state index contributed by atoms with van der Waals surface area (Å²) in [4.78, 5) is 0. The maximum Gasteiger partial charge on any atom is 0.376 e. The van der Waals surface area contributed by atoms with Gasteiger partial charge >= 0.3 is 6.94 Å². The van der Waals surface area contributed by atoms with E-state index in [0.717, 1.165) is 0 Å². The molecule has 0 bridgehead atoms. The second-order valence-electron chi connectivity index (χ2n) is 2.50. The van der Waals surface area contributed by atoms with E-state index in [1.807, 2.05) is 6.55 Å². The minimum atomic E-state index is -2.47. The van der Waals surface area contributed by atoms with Crippen LogP contribution in [0.3, 0.4) is 0 Å². The first-order chi connectivity index (χ1) is 4.83. The van der Waals surface area contributed by atoms with Gasteiger partial charge in [0.1, 0.15) is 0 Å². The Kier molecular flexibility index (Phi) is 4.07. The summed E-state index contributed by atoms with van der Waals surface area (Å²) in [6, 6.07) is 0. The van der Waals surface area contributed by atoms with Gasteiger partial charge in [-0.25, -0.2) is 0 Å². The highest BCUT2D eigenvalue weighted by molar-refractivity contribution is 7.43. The summed E-state index contributed by atoms with van der Waals surface area (Å²) in [5, 5.41) is 0. The van der Waals surface area contributed by atoms with Crippen molar-refractivity contribution in [3.63, 3.8) is 0 Å². The molecular formula is C6H12Cl2OSi2. The van der Waals surface area contributed by atoms with Crippen LogP contribution in [0.5, 0.6) is 0 Å². The van der Waals surface area contributed by atoms with Gasteiger partial charge in [0.2, 0.25) is 8.32 Å². The molecule has 0 rings (SSSR count). The summed E-state index contributed by atoms with van der Waals surface area (Å²) >= 11 is 11.6. The van der Waals surface area contributed by atoms with E-state index in [9.17, 15) is 0 Å². The fourth-order valence-corrected chi connectivity index (χ4v) is 7.47. The van der Waals surface area contributed by atoms with Gasteiger partial charge in [0.15, 0.2) is 0 Å². The summed E-state index contributed by atoms with van der Waals surface area (Å²) in [5.41, 5.74) is 3.52. The highest BCUT2D eigenvalue weighted by Crippen LogP contribution is 2.22. The fourth-order valence-electron chi connectivity index (χ4n) is 0.553. The Morgan fingerprint density at radius 3 is 1.64 bits per heavy atom. The molecule has 0 aliphatic rings. The van der Waals surface area contributed by atoms with Gasteiger partial charge in [-0.15, -0.1) is 35.3 Å². The molecule has 5 heteroatoms. The Morgan fingerprint density at radius 2 is 1.55 bits per heavy atom. The van der Waals surface area contributed by atoms with Gasteiger partial charge in [-0.1, -0.05) is 11.4 Å². The molecule has 0 fully saturated rings. The lowest BCUT2D eigenvalue weighted by atomic mass is 11.2. The van der Waals surface area contributed by atoms with Crippen LogP contribution >= 0.6 is 22.2 Å². The monoisotopic (exact) mass is 226 g/mol. The van der Waals surface area contributed by atoms with Crippen LogP contribution in [0.1, 0.15) is 0 Å².